The van der Waals surface area contributed by atoms with Crippen molar-refractivity contribution in [2.45, 2.75) is 26.7 Å². The summed E-state index contributed by atoms with van der Waals surface area (Å²) in [5, 5.41) is 1.02. The zero-order valence-corrected chi connectivity index (χ0v) is 20.2. The van der Waals surface area contributed by atoms with Gasteiger partial charge >= 0.3 is 5.97 Å². The lowest BCUT2D eigenvalue weighted by Gasteiger charge is -2.29. The minimum atomic E-state index is -0.650. The summed E-state index contributed by atoms with van der Waals surface area (Å²) >= 11 is 0. The molecule has 0 spiro atoms. The second kappa shape index (κ2) is 8.95. The number of benzene rings is 2. The highest BCUT2D eigenvalue weighted by molar-refractivity contribution is 6.07. The van der Waals surface area contributed by atoms with Gasteiger partial charge in [0.1, 0.15) is 11.5 Å². The Morgan fingerprint density at radius 2 is 1.83 bits per heavy atom. The molecular formula is C29H27NO5. The van der Waals surface area contributed by atoms with Gasteiger partial charge < -0.3 is 19.2 Å². The summed E-state index contributed by atoms with van der Waals surface area (Å²) < 4.78 is 16.8. The molecule has 35 heavy (non-hydrogen) atoms. The van der Waals surface area contributed by atoms with Gasteiger partial charge in [-0.05, 0) is 62.3 Å². The number of Topliss-reactive ketones (excluding diaryl/α,β-unsaturated/α-hetero) is 1. The van der Waals surface area contributed by atoms with Crippen molar-refractivity contribution >= 4 is 28.7 Å². The van der Waals surface area contributed by atoms with Gasteiger partial charge in [0.2, 0.25) is 5.78 Å². The molecular weight excluding hydrogens is 442 g/mol. The van der Waals surface area contributed by atoms with E-state index < -0.39 is 17.8 Å². The lowest BCUT2D eigenvalue weighted by atomic mass is 9.73. The SMILES string of the molecule is CCOC(=O)C1=C(C)C=C2O/C(=C\c3c(C)[nH]c4ccccc34)C(=O)C2C1c1ccc(OC)cc1. The average Bonchev–Trinajstić information content (AvgIpc) is 3.34. The number of nitrogens with one attached hydrogen (secondary N) is 1. The van der Waals surface area contributed by atoms with Crippen LogP contribution in [0.3, 0.4) is 0 Å². The van der Waals surface area contributed by atoms with Crippen LogP contribution in [-0.4, -0.2) is 30.5 Å². The van der Waals surface area contributed by atoms with Crippen LogP contribution in [0.1, 0.15) is 36.6 Å². The molecule has 0 saturated carbocycles. The van der Waals surface area contributed by atoms with Gasteiger partial charge in [-0.15, -0.1) is 0 Å². The van der Waals surface area contributed by atoms with Gasteiger partial charge in [-0.1, -0.05) is 30.3 Å². The Hall–Kier alpha value is -4.06. The number of fused-ring (bicyclic) bond motifs is 2. The van der Waals surface area contributed by atoms with Crippen molar-refractivity contribution in [3.63, 3.8) is 0 Å². The molecule has 0 amide bonds. The Morgan fingerprint density at radius 3 is 2.54 bits per heavy atom. The highest BCUT2D eigenvalue weighted by Crippen LogP contribution is 2.49. The van der Waals surface area contributed by atoms with Crippen LogP contribution < -0.4 is 4.74 Å². The number of para-hydroxylation sites is 1. The number of ketones is 1. The molecule has 1 N–H and O–H groups in total. The number of hydrogen-bond acceptors (Lipinski definition) is 5. The predicted octanol–water partition coefficient (Wildman–Crippen LogP) is 5.60. The average molecular weight is 470 g/mol. The monoisotopic (exact) mass is 469 g/mol. The molecule has 1 aliphatic carbocycles. The molecule has 1 aromatic heterocycles. The molecule has 6 nitrogen and oxygen atoms in total. The topological polar surface area (TPSA) is 77.6 Å². The third-order valence-corrected chi connectivity index (χ3v) is 6.68. The number of H-pyrrole nitrogens is 1. The van der Waals surface area contributed by atoms with Crippen molar-refractivity contribution < 1.29 is 23.8 Å². The molecule has 6 heteroatoms. The van der Waals surface area contributed by atoms with Crippen molar-refractivity contribution in [1.29, 1.82) is 0 Å². The maximum Gasteiger partial charge on any atom is 0.334 e. The Kier molecular flexibility index (Phi) is 5.81. The molecule has 5 rings (SSSR count). The van der Waals surface area contributed by atoms with E-state index in [1.807, 2.05) is 62.4 Å². The lowest BCUT2D eigenvalue weighted by Crippen LogP contribution is -2.28. The van der Waals surface area contributed by atoms with Crippen LogP contribution in [0, 0.1) is 12.8 Å². The van der Waals surface area contributed by atoms with E-state index in [-0.39, 0.29) is 18.1 Å². The van der Waals surface area contributed by atoms with Gasteiger partial charge in [-0.2, -0.15) is 0 Å². The number of methoxy groups -OCH3 is 1. The van der Waals surface area contributed by atoms with Crippen LogP contribution in [-0.2, 0) is 19.1 Å². The Labute approximate surface area is 203 Å². The molecule has 2 unspecified atom stereocenters. The van der Waals surface area contributed by atoms with E-state index in [0.29, 0.717) is 17.1 Å². The second-order valence-electron chi connectivity index (χ2n) is 8.78. The summed E-state index contributed by atoms with van der Waals surface area (Å²) in [6.07, 6.45) is 3.60. The molecule has 3 aromatic rings. The van der Waals surface area contributed by atoms with E-state index in [1.54, 1.807) is 26.2 Å². The van der Waals surface area contributed by atoms with E-state index >= 15 is 0 Å². The van der Waals surface area contributed by atoms with Crippen LogP contribution in [0.2, 0.25) is 0 Å². The van der Waals surface area contributed by atoms with E-state index in [9.17, 15) is 9.59 Å². The third-order valence-electron chi connectivity index (χ3n) is 6.68. The number of aromatic amines is 1. The van der Waals surface area contributed by atoms with Crippen LogP contribution in [0.4, 0.5) is 0 Å². The second-order valence-corrected chi connectivity index (χ2v) is 8.78. The first-order chi connectivity index (χ1) is 16.9. The molecule has 2 heterocycles. The molecule has 1 aliphatic heterocycles. The predicted molar refractivity (Wildman–Crippen MR) is 134 cm³/mol. The Morgan fingerprint density at radius 1 is 1.09 bits per heavy atom. The van der Waals surface area contributed by atoms with Gasteiger partial charge in [0.05, 0.1) is 19.6 Å². The number of allylic oxidation sites excluding steroid dienone is 4. The standard InChI is InChI=1S/C29H27NO5/c1-5-34-29(32)25-16(2)14-23-27(26(25)18-10-12-19(33-4)13-11-18)28(31)24(35-23)15-21-17(3)30-22-9-7-6-8-20(21)22/h6-15,26-27,30H,5H2,1-4H3/b24-15-. The zero-order chi connectivity index (χ0) is 24.7. The van der Waals surface area contributed by atoms with Crippen LogP contribution in [0.25, 0.3) is 17.0 Å². The van der Waals surface area contributed by atoms with E-state index in [4.69, 9.17) is 14.2 Å². The molecule has 2 atom stereocenters. The fourth-order valence-electron chi connectivity index (χ4n) is 5.04. The van der Waals surface area contributed by atoms with Crippen molar-refractivity contribution in [3.05, 3.63) is 94.1 Å². The number of rotatable bonds is 5. The first-order valence-corrected chi connectivity index (χ1v) is 11.7. The van der Waals surface area contributed by atoms with Crippen molar-refractivity contribution in [1.82, 2.24) is 4.98 Å². The summed E-state index contributed by atoms with van der Waals surface area (Å²) in [5.41, 5.74) is 4.90. The lowest BCUT2D eigenvalue weighted by molar-refractivity contribution is -0.139. The quantitative estimate of drug-likeness (QED) is 0.389. The van der Waals surface area contributed by atoms with Gasteiger partial charge in [-0.25, -0.2) is 4.79 Å². The first-order valence-electron chi connectivity index (χ1n) is 11.7. The fraction of sp³-hybridized carbons (Fsp3) is 0.241. The molecule has 0 bridgehead atoms. The highest BCUT2D eigenvalue weighted by atomic mass is 16.5. The van der Waals surface area contributed by atoms with Crippen molar-refractivity contribution in [2.75, 3.05) is 13.7 Å². The number of ether oxygens (including phenoxy) is 3. The van der Waals surface area contributed by atoms with Gasteiger partial charge in [0.25, 0.3) is 0 Å². The van der Waals surface area contributed by atoms with Crippen molar-refractivity contribution in [2.24, 2.45) is 5.92 Å². The summed E-state index contributed by atoms with van der Waals surface area (Å²) in [6, 6.07) is 15.4. The van der Waals surface area contributed by atoms with Gasteiger partial charge in [-0.3, -0.25) is 4.79 Å². The normalized spacial score (nSPS) is 20.6. The third kappa shape index (κ3) is 3.85. The maximum atomic E-state index is 13.8. The fourth-order valence-corrected chi connectivity index (χ4v) is 5.04. The molecule has 178 valence electrons. The van der Waals surface area contributed by atoms with Crippen LogP contribution >= 0.6 is 0 Å². The van der Waals surface area contributed by atoms with Gasteiger partial charge in [0.15, 0.2) is 5.76 Å². The Balaban J connectivity index is 1.61. The van der Waals surface area contributed by atoms with Crippen LogP contribution in [0.15, 0.2) is 77.3 Å². The van der Waals surface area contributed by atoms with E-state index in [0.717, 1.165) is 33.3 Å². The number of carbonyl (C=O) groups is 2. The highest BCUT2D eigenvalue weighted by Gasteiger charge is 2.48. The molecule has 2 aliphatic rings. The summed E-state index contributed by atoms with van der Waals surface area (Å²) in [6.45, 7) is 5.85. The molecule has 1 saturated heterocycles. The number of esters is 1. The number of hydrogen-bond donors (Lipinski definition) is 1. The van der Waals surface area contributed by atoms with Crippen molar-refractivity contribution in [3.8, 4) is 5.75 Å². The molecule has 0 radical (unpaired) electrons. The minimum absolute atomic E-state index is 0.156. The first kappa shape index (κ1) is 22.7. The number of aromatic nitrogens is 1. The summed E-state index contributed by atoms with van der Waals surface area (Å²) in [7, 11) is 1.60. The summed E-state index contributed by atoms with van der Waals surface area (Å²) in [5.74, 6) is -0.237. The number of aryl methyl sites for hydroxylation is 1. The van der Waals surface area contributed by atoms with Crippen LogP contribution in [0.5, 0.6) is 5.75 Å². The zero-order valence-electron chi connectivity index (χ0n) is 20.2. The van der Waals surface area contributed by atoms with E-state index in [2.05, 4.69) is 4.98 Å². The Bertz CT molecular complexity index is 1420. The van der Waals surface area contributed by atoms with E-state index in [1.165, 1.54) is 0 Å². The number of carbonyl (C=O) groups excluding carboxylic acids is 2. The molecule has 1 fully saturated rings. The smallest absolute Gasteiger partial charge is 0.334 e. The summed E-state index contributed by atoms with van der Waals surface area (Å²) in [4.78, 5) is 30.2. The van der Waals surface area contributed by atoms with Gasteiger partial charge in [0, 0.05) is 33.7 Å². The minimum Gasteiger partial charge on any atom is -0.497 e. The maximum absolute atomic E-state index is 13.8. The largest absolute Gasteiger partial charge is 0.497 e. The molecule has 2 aromatic carbocycles.